The standard InChI is InChI=1S/C11H18F3N3O2/c12-11(13,14)7-16-6-10(19)17-3-1-8(2-4-17)5-9(15)18/h8,16H,1-7H2,(H2,15,18). The largest absolute Gasteiger partial charge is 0.401 e. The number of carbonyl (C=O) groups is 2. The van der Waals surface area contributed by atoms with Crippen molar-refractivity contribution < 1.29 is 22.8 Å². The second-order valence-corrected chi connectivity index (χ2v) is 4.71. The first kappa shape index (κ1) is 15.7. The highest BCUT2D eigenvalue weighted by Gasteiger charge is 2.28. The lowest BCUT2D eigenvalue weighted by molar-refractivity contribution is -0.135. The maximum absolute atomic E-state index is 11.9. The van der Waals surface area contributed by atoms with Gasteiger partial charge in [-0.05, 0) is 18.8 Å². The second kappa shape index (κ2) is 6.74. The van der Waals surface area contributed by atoms with E-state index < -0.39 is 12.7 Å². The summed E-state index contributed by atoms with van der Waals surface area (Å²) in [5, 5.41) is 2.08. The average Bonchev–Trinajstić information content (AvgIpc) is 2.27. The van der Waals surface area contributed by atoms with Gasteiger partial charge in [0.15, 0.2) is 0 Å². The van der Waals surface area contributed by atoms with Gasteiger partial charge in [0.05, 0.1) is 13.1 Å². The Bertz CT molecular complexity index is 326. The second-order valence-electron chi connectivity index (χ2n) is 4.71. The summed E-state index contributed by atoms with van der Waals surface area (Å²) in [4.78, 5) is 23.9. The van der Waals surface area contributed by atoms with Gasteiger partial charge in [0.1, 0.15) is 0 Å². The van der Waals surface area contributed by atoms with E-state index in [1.165, 1.54) is 4.90 Å². The van der Waals surface area contributed by atoms with Crippen molar-refractivity contribution in [3.05, 3.63) is 0 Å². The number of carbonyl (C=O) groups excluding carboxylic acids is 2. The third-order valence-corrected chi connectivity index (χ3v) is 3.06. The Kier molecular flexibility index (Phi) is 5.59. The summed E-state index contributed by atoms with van der Waals surface area (Å²) in [6.45, 7) is -0.564. The van der Waals surface area contributed by atoms with Crippen LogP contribution in [0.4, 0.5) is 13.2 Å². The summed E-state index contributed by atoms with van der Waals surface area (Å²) in [7, 11) is 0. The smallest absolute Gasteiger partial charge is 0.370 e. The van der Waals surface area contributed by atoms with Crippen LogP contribution in [0.2, 0.25) is 0 Å². The molecule has 0 aromatic rings. The van der Waals surface area contributed by atoms with Crippen LogP contribution in [0.15, 0.2) is 0 Å². The SMILES string of the molecule is NC(=O)CC1CCN(C(=O)CNCC(F)(F)F)CC1. The molecule has 0 saturated carbocycles. The van der Waals surface area contributed by atoms with Crippen molar-refractivity contribution in [2.45, 2.75) is 25.4 Å². The van der Waals surface area contributed by atoms with Gasteiger partial charge in [-0.3, -0.25) is 9.59 Å². The van der Waals surface area contributed by atoms with E-state index in [0.717, 1.165) is 0 Å². The Labute approximate surface area is 109 Å². The number of nitrogens with two attached hydrogens (primary N) is 1. The fourth-order valence-electron chi connectivity index (χ4n) is 2.09. The third-order valence-electron chi connectivity index (χ3n) is 3.06. The van der Waals surface area contributed by atoms with E-state index in [0.29, 0.717) is 32.4 Å². The van der Waals surface area contributed by atoms with Gasteiger partial charge < -0.3 is 16.0 Å². The summed E-state index contributed by atoms with van der Waals surface area (Å²) in [6, 6.07) is 0. The van der Waals surface area contributed by atoms with E-state index >= 15 is 0 Å². The lowest BCUT2D eigenvalue weighted by Crippen LogP contribution is -2.44. The lowest BCUT2D eigenvalue weighted by atomic mass is 9.93. The van der Waals surface area contributed by atoms with Crippen LogP contribution < -0.4 is 11.1 Å². The van der Waals surface area contributed by atoms with Crippen molar-refractivity contribution in [1.29, 1.82) is 0 Å². The Morgan fingerprint density at radius 1 is 1.26 bits per heavy atom. The molecule has 0 aromatic heterocycles. The summed E-state index contributed by atoms with van der Waals surface area (Å²) < 4.78 is 35.7. The molecule has 2 amide bonds. The van der Waals surface area contributed by atoms with Gasteiger partial charge in [-0.25, -0.2) is 0 Å². The average molecular weight is 281 g/mol. The van der Waals surface area contributed by atoms with Crippen LogP contribution in [0.3, 0.4) is 0 Å². The van der Waals surface area contributed by atoms with E-state index in [1.54, 1.807) is 0 Å². The molecule has 1 rings (SSSR count). The normalized spacial score (nSPS) is 17.5. The highest BCUT2D eigenvalue weighted by Crippen LogP contribution is 2.20. The van der Waals surface area contributed by atoms with Gasteiger partial charge in [0.25, 0.3) is 0 Å². The van der Waals surface area contributed by atoms with Gasteiger partial charge in [-0.2, -0.15) is 13.2 Å². The van der Waals surface area contributed by atoms with Crippen LogP contribution in [0.1, 0.15) is 19.3 Å². The summed E-state index contributed by atoms with van der Waals surface area (Å²) in [5.74, 6) is -0.539. The molecule has 3 N–H and O–H groups in total. The molecule has 110 valence electrons. The number of nitrogens with zero attached hydrogens (tertiary/aromatic N) is 1. The minimum atomic E-state index is -4.31. The Morgan fingerprint density at radius 2 is 1.84 bits per heavy atom. The first-order valence-corrected chi connectivity index (χ1v) is 6.11. The zero-order chi connectivity index (χ0) is 14.5. The first-order valence-electron chi connectivity index (χ1n) is 6.11. The van der Waals surface area contributed by atoms with Gasteiger partial charge >= 0.3 is 6.18 Å². The van der Waals surface area contributed by atoms with Crippen LogP contribution in [-0.4, -0.2) is 49.1 Å². The van der Waals surface area contributed by atoms with Crippen molar-refractivity contribution >= 4 is 11.8 Å². The molecule has 5 nitrogen and oxygen atoms in total. The molecule has 1 heterocycles. The number of amides is 2. The molecule has 0 bridgehead atoms. The monoisotopic (exact) mass is 281 g/mol. The maximum Gasteiger partial charge on any atom is 0.401 e. The van der Waals surface area contributed by atoms with Gasteiger partial charge in [-0.1, -0.05) is 0 Å². The van der Waals surface area contributed by atoms with Gasteiger partial charge in [0, 0.05) is 19.5 Å². The van der Waals surface area contributed by atoms with E-state index in [-0.39, 0.29) is 24.3 Å². The molecular formula is C11H18F3N3O2. The topological polar surface area (TPSA) is 75.4 Å². The molecule has 0 radical (unpaired) electrons. The first-order chi connectivity index (χ1) is 8.78. The molecule has 8 heteroatoms. The Morgan fingerprint density at radius 3 is 2.32 bits per heavy atom. The quantitative estimate of drug-likeness (QED) is 0.758. The Balaban J connectivity index is 2.23. The zero-order valence-electron chi connectivity index (χ0n) is 10.5. The maximum atomic E-state index is 11.9. The van der Waals surface area contributed by atoms with E-state index in [2.05, 4.69) is 5.32 Å². The highest BCUT2D eigenvalue weighted by molar-refractivity contribution is 5.78. The predicted molar refractivity (Wildman–Crippen MR) is 62.0 cm³/mol. The lowest BCUT2D eigenvalue weighted by Gasteiger charge is -2.31. The minimum absolute atomic E-state index is 0.171. The third kappa shape index (κ3) is 6.42. The molecule has 0 unspecified atom stereocenters. The number of rotatable bonds is 5. The molecule has 1 saturated heterocycles. The van der Waals surface area contributed by atoms with Crippen molar-refractivity contribution in [2.24, 2.45) is 11.7 Å². The number of primary amides is 1. The highest BCUT2D eigenvalue weighted by atomic mass is 19.4. The predicted octanol–water partition coefficient (Wildman–Crippen LogP) is 0.252. The molecule has 0 aliphatic carbocycles. The molecular weight excluding hydrogens is 263 g/mol. The van der Waals surface area contributed by atoms with Crippen molar-refractivity contribution in [2.75, 3.05) is 26.2 Å². The van der Waals surface area contributed by atoms with Crippen LogP contribution in [0.5, 0.6) is 0 Å². The summed E-state index contributed by atoms with van der Waals surface area (Å²) >= 11 is 0. The van der Waals surface area contributed by atoms with Crippen LogP contribution in [0, 0.1) is 5.92 Å². The van der Waals surface area contributed by atoms with Crippen LogP contribution >= 0.6 is 0 Å². The van der Waals surface area contributed by atoms with Crippen molar-refractivity contribution in [3.63, 3.8) is 0 Å². The number of nitrogens with one attached hydrogen (secondary N) is 1. The number of hydrogen-bond donors (Lipinski definition) is 2. The zero-order valence-corrected chi connectivity index (χ0v) is 10.5. The van der Waals surface area contributed by atoms with Crippen molar-refractivity contribution in [1.82, 2.24) is 10.2 Å². The van der Waals surface area contributed by atoms with Gasteiger partial charge in [-0.15, -0.1) is 0 Å². The number of likely N-dealkylation sites (tertiary alicyclic amines) is 1. The molecule has 0 aromatic carbocycles. The fraction of sp³-hybridized carbons (Fsp3) is 0.818. The Hall–Kier alpha value is -1.31. The summed E-state index contributed by atoms with van der Waals surface area (Å²) in [6.07, 6.45) is -2.69. The molecule has 1 aliphatic heterocycles. The molecule has 0 spiro atoms. The molecule has 1 fully saturated rings. The minimum Gasteiger partial charge on any atom is -0.370 e. The van der Waals surface area contributed by atoms with Crippen LogP contribution in [0.25, 0.3) is 0 Å². The molecule has 19 heavy (non-hydrogen) atoms. The molecule has 0 atom stereocenters. The number of halogens is 3. The van der Waals surface area contributed by atoms with Crippen molar-refractivity contribution in [3.8, 4) is 0 Å². The molecule has 1 aliphatic rings. The fourth-order valence-corrected chi connectivity index (χ4v) is 2.09. The number of alkyl halides is 3. The summed E-state index contributed by atoms with van der Waals surface area (Å²) in [5.41, 5.74) is 5.09. The van der Waals surface area contributed by atoms with E-state index in [4.69, 9.17) is 5.73 Å². The van der Waals surface area contributed by atoms with E-state index in [1.807, 2.05) is 0 Å². The van der Waals surface area contributed by atoms with E-state index in [9.17, 15) is 22.8 Å². The number of hydrogen-bond acceptors (Lipinski definition) is 3. The van der Waals surface area contributed by atoms with Crippen LogP contribution in [-0.2, 0) is 9.59 Å². The van der Waals surface area contributed by atoms with Gasteiger partial charge in [0.2, 0.25) is 11.8 Å². The number of piperidine rings is 1.